The highest BCUT2D eigenvalue weighted by Crippen LogP contribution is 2.25. The van der Waals surface area contributed by atoms with Crippen molar-refractivity contribution in [2.45, 2.75) is 24.3 Å². The Bertz CT molecular complexity index is 776. The molecule has 0 spiro atoms. The average Bonchev–Trinajstić information content (AvgIpc) is 2.96. The minimum absolute atomic E-state index is 0.0265. The minimum Gasteiger partial charge on any atom is -0.333 e. The van der Waals surface area contributed by atoms with Crippen molar-refractivity contribution in [3.8, 4) is 0 Å². The molecule has 6 heteroatoms. The number of aryl methyl sites for hydroxylation is 1. The molecule has 0 saturated carbocycles. The van der Waals surface area contributed by atoms with Gasteiger partial charge in [0, 0.05) is 23.5 Å². The Balaban J connectivity index is 1.61. The fourth-order valence-electron chi connectivity index (χ4n) is 2.87. The number of carbonyl (C=O) groups is 2. The number of anilines is 2. The molecule has 3 amide bonds. The SMILES string of the molecule is CSc1ccccc1NC(=O)N[C@H]1CC(=O)N(c2ccc(C)cc2)C1. The second-order valence-corrected chi connectivity index (χ2v) is 6.89. The lowest BCUT2D eigenvalue weighted by Crippen LogP contribution is -2.39. The molecule has 5 nitrogen and oxygen atoms in total. The van der Waals surface area contributed by atoms with E-state index in [1.54, 1.807) is 16.7 Å². The molecule has 2 N–H and O–H groups in total. The zero-order valence-electron chi connectivity index (χ0n) is 14.3. The van der Waals surface area contributed by atoms with E-state index in [9.17, 15) is 9.59 Å². The van der Waals surface area contributed by atoms with Gasteiger partial charge in [0.15, 0.2) is 0 Å². The van der Waals surface area contributed by atoms with E-state index < -0.39 is 0 Å². The van der Waals surface area contributed by atoms with Crippen LogP contribution in [0.1, 0.15) is 12.0 Å². The normalized spacial score (nSPS) is 16.8. The van der Waals surface area contributed by atoms with Crippen LogP contribution in [0.25, 0.3) is 0 Å². The lowest BCUT2D eigenvalue weighted by Gasteiger charge is -2.18. The third-order valence-corrected chi connectivity index (χ3v) is 4.96. The standard InChI is InChI=1S/C19H21N3O2S/c1-13-7-9-15(10-8-13)22-12-14(11-18(22)23)20-19(24)21-16-5-3-4-6-17(16)25-2/h3-10,14H,11-12H2,1-2H3,(H2,20,21,24)/t14-/m0/s1. The van der Waals surface area contributed by atoms with E-state index in [1.165, 1.54) is 0 Å². The molecule has 2 aromatic carbocycles. The maximum absolute atomic E-state index is 12.3. The molecule has 130 valence electrons. The monoisotopic (exact) mass is 355 g/mol. The van der Waals surface area contributed by atoms with Crippen molar-refractivity contribution < 1.29 is 9.59 Å². The number of benzene rings is 2. The van der Waals surface area contributed by atoms with Gasteiger partial charge in [-0.2, -0.15) is 0 Å². The van der Waals surface area contributed by atoms with Crippen LogP contribution in [0.4, 0.5) is 16.2 Å². The second-order valence-electron chi connectivity index (χ2n) is 6.04. The van der Waals surface area contributed by atoms with E-state index in [0.717, 1.165) is 21.8 Å². The van der Waals surface area contributed by atoms with Crippen LogP contribution in [0.3, 0.4) is 0 Å². The van der Waals surface area contributed by atoms with Gasteiger partial charge in [0.2, 0.25) is 5.91 Å². The van der Waals surface area contributed by atoms with E-state index in [2.05, 4.69) is 10.6 Å². The van der Waals surface area contributed by atoms with Gasteiger partial charge in [-0.3, -0.25) is 4.79 Å². The lowest BCUT2D eigenvalue weighted by atomic mass is 10.2. The van der Waals surface area contributed by atoms with Crippen LogP contribution in [0, 0.1) is 6.92 Å². The molecule has 0 aromatic heterocycles. The van der Waals surface area contributed by atoms with E-state index in [4.69, 9.17) is 0 Å². The zero-order chi connectivity index (χ0) is 17.8. The maximum atomic E-state index is 12.3. The molecular weight excluding hydrogens is 334 g/mol. The summed E-state index contributed by atoms with van der Waals surface area (Å²) in [4.78, 5) is 27.3. The number of thioether (sulfide) groups is 1. The molecule has 25 heavy (non-hydrogen) atoms. The fourth-order valence-corrected chi connectivity index (χ4v) is 3.42. The van der Waals surface area contributed by atoms with Crippen molar-refractivity contribution in [3.63, 3.8) is 0 Å². The van der Waals surface area contributed by atoms with E-state index in [-0.39, 0.29) is 18.0 Å². The van der Waals surface area contributed by atoms with Gasteiger partial charge < -0.3 is 15.5 Å². The van der Waals surface area contributed by atoms with Gasteiger partial charge in [-0.1, -0.05) is 29.8 Å². The Morgan fingerprint density at radius 3 is 2.60 bits per heavy atom. The number of amides is 3. The summed E-state index contributed by atoms with van der Waals surface area (Å²) in [5.74, 6) is 0.0265. The molecule has 1 atom stereocenters. The summed E-state index contributed by atoms with van der Waals surface area (Å²) >= 11 is 1.57. The van der Waals surface area contributed by atoms with Crippen LogP contribution in [0.5, 0.6) is 0 Å². The first-order valence-electron chi connectivity index (χ1n) is 8.14. The quantitative estimate of drug-likeness (QED) is 0.823. The van der Waals surface area contributed by atoms with Crippen LogP contribution < -0.4 is 15.5 Å². The Kier molecular flexibility index (Phi) is 5.28. The van der Waals surface area contributed by atoms with Crippen molar-refractivity contribution in [2.24, 2.45) is 0 Å². The second kappa shape index (κ2) is 7.61. The zero-order valence-corrected chi connectivity index (χ0v) is 15.1. The van der Waals surface area contributed by atoms with Gasteiger partial charge in [0.05, 0.1) is 11.7 Å². The van der Waals surface area contributed by atoms with E-state index >= 15 is 0 Å². The van der Waals surface area contributed by atoms with Crippen LogP contribution in [-0.2, 0) is 4.79 Å². The summed E-state index contributed by atoms with van der Waals surface area (Å²) in [6.45, 7) is 2.50. The number of carbonyl (C=O) groups excluding carboxylic acids is 2. The van der Waals surface area contributed by atoms with E-state index in [1.807, 2.05) is 61.7 Å². The van der Waals surface area contributed by atoms with Crippen molar-refractivity contribution in [1.82, 2.24) is 5.32 Å². The molecule has 1 aliphatic heterocycles. The number of nitrogens with one attached hydrogen (secondary N) is 2. The lowest BCUT2D eigenvalue weighted by molar-refractivity contribution is -0.117. The predicted molar refractivity (Wildman–Crippen MR) is 102 cm³/mol. The molecule has 1 aliphatic rings. The Hall–Kier alpha value is -2.47. The van der Waals surface area contributed by atoms with Crippen molar-refractivity contribution in [2.75, 3.05) is 23.0 Å². The smallest absolute Gasteiger partial charge is 0.319 e. The van der Waals surface area contributed by atoms with Gasteiger partial charge in [0.1, 0.15) is 0 Å². The summed E-state index contributed by atoms with van der Waals surface area (Å²) in [5, 5.41) is 5.76. The number of hydrogen-bond donors (Lipinski definition) is 2. The predicted octanol–water partition coefficient (Wildman–Crippen LogP) is 3.64. The van der Waals surface area contributed by atoms with Crippen LogP contribution in [0.15, 0.2) is 53.4 Å². The number of urea groups is 1. The van der Waals surface area contributed by atoms with Gasteiger partial charge in [-0.15, -0.1) is 11.8 Å². The topological polar surface area (TPSA) is 61.4 Å². The Morgan fingerprint density at radius 1 is 1.16 bits per heavy atom. The summed E-state index contributed by atoms with van der Waals surface area (Å²) in [6, 6.07) is 15.0. The number of nitrogens with zero attached hydrogens (tertiary/aromatic N) is 1. The van der Waals surface area contributed by atoms with Crippen LogP contribution in [-0.4, -0.2) is 30.8 Å². The molecule has 1 heterocycles. The third-order valence-electron chi connectivity index (χ3n) is 4.16. The van der Waals surface area contributed by atoms with Gasteiger partial charge in [-0.25, -0.2) is 4.79 Å². The summed E-state index contributed by atoms with van der Waals surface area (Å²) < 4.78 is 0. The number of hydrogen-bond acceptors (Lipinski definition) is 3. The first kappa shape index (κ1) is 17.4. The molecule has 0 bridgehead atoms. The highest BCUT2D eigenvalue weighted by Gasteiger charge is 2.31. The first-order valence-corrected chi connectivity index (χ1v) is 9.37. The Morgan fingerprint density at radius 2 is 1.88 bits per heavy atom. The fraction of sp³-hybridized carbons (Fsp3) is 0.263. The summed E-state index contributed by atoms with van der Waals surface area (Å²) in [6.07, 6.45) is 2.28. The molecule has 3 rings (SSSR count). The molecule has 1 saturated heterocycles. The van der Waals surface area contributed by atoms with Gasteiger partial charge in [0.25, 0.3) is 0 Å². The Labute approximate surface area is 151 Å². The highest BCUT2D eigenvalue weighted by atomic mass is 32.2. The molecule has 0 aliphatic carbocycles. The maximum Gasteiger partial charge on any atom is 0.319 e. The molecule has 1 fully saturated rings. The minimum atomic E-state index is -0.287. The molecule has 2 aromatic rings. The van der Waals surface area contributed by atoms with Gasteiger partial charge >= 0.3 is 6.03 Å². The van der Waals surface area contributed by atoms with Crippen LogP contribution in [0.2, 0.25) is 0 Å². The first-order chi connectivity index (χ1) is 12.1. The average molecular weight is 355 g/mol. The highest BCUT2D eigenvalue weighted by molar-refractivity contribution is 7.98. The molecule has 0 radical (unpaired) electrons. The van der Waals surface area contributed by atoms with E-state index in [0.29, 0.717) is 13.0 Å². The van der Waals surface area contributed by atoms with Gasteiger partial charge in [-0.05, 0) is 37.4 Å². The molecule has 0 unspecified atom stereocenters. The largest absolute Gasteiger partial charge is 0.333 e. The summed E-state index contributed by atoms with van der Waals surface area (Å²) in [5.41, 5.74) is 2.79. The van der Waals surface area contributed by atoms with Crippen molar-refractivity contribution in [1.29, 1.82) is 0 Å². The molecular formula is C19H21N3O2S. The van der Waals surface area contributed by atoms with Crippen molar-refractivity contribution in [3.05, 3.63) is 54.1 Å². The summed E-state index contributed by atoms with van der Waals surface area (Å²) in [7, 11) is 0. The number of para-hydroxylation sites is 1. The number of rotatable bonds is 4. The third kappa shape index (κ3) is 4.14. The van der Waals surface area contributed by atoms with Crippen molar-refractivity contribution >= 4 is 35.1 Å². The van der Waals surface area contributed by atoms with Crippen LogP contribution >= 0.6 is 11.8 Å².